The average molecular weight is 261 g/mol. The van der Waals surface area contributed by atoms with Gasteiger partial charge in [0.25, 0.3) is 0 Å². The summed E-state index contributed by atoms with van der Waals surface area (Å²) in [6.07, 6.45) is 3.35. The molecule has 3 unspecified atom stereocenters. The number of carbonyl (C=O) groups is 1. The van der Waals surface area contributed by atoms with Crippen molar-refractivity contribution in [3.8, 4) is 0 Å². The molecule has 0 aromatic heterocycles. The fraction of sp³-hybridized carbons (Fsp3) is 0.533. The van der Waals surface area contributed by atoms with E-state index >= 15 is 0 Å². The van der Waals surface area contributed by atoms with Crippen molar-refractivity contribution in [1.82, 2.24) is 5.32 Å². The highest BCUT2D eigenvalue weighted by atomic mass is 16.2. The molecule has 1 aromatic rings. The minimum atomic E-state index is -0.124. The minimum absolute atomic E-state index is 0.0273. The number of anilines is 1. The summed E-state index contributed by atoms with van der Waals surface area (Å²) in [6.45, 7) is 4.16. The fourth-order valence-corrected chi connectivity index (χ4v) is 2.59. The minimum Gasteiger partial charge on any atom is -0.335 e. The SMILES string of the molecule is CC1CCC(NC(=O)Nc2cccc(C(C)N)c2)C1. The van der Waals surface area contributed by atoms with Gasteiger partial charge in [-0.2, -0.15) is 0 Å². The molecule has 0 saturated heterocycles. The third kappa shape index (κ3) is 3.96. The van der Waals surface area contributed by atoms with E-state index in [9.17, 15) is 4.79 Å². The maximum absolute atomic E-state index is 11.9. The standard InChI is InChI=1S/C15H23N3O/c1-10-6-7-14(8-10)18-15(19)17-13-5-3-4-12(9-13)11(2)16/h3-5,9-11,14H,6-8,16H2,1-2H3,(H2,17,18,19). The second kappa shape index (κ2) is 6.06. The summed E-state index contributed by atoms with van der Waals surface area (Å²) in [6, 6.07) is 7.83. The number of amides is 2. The molecule has 1 aliphatic rings. The van der Waals surface area contributed by atoms with Crippen molar-refractivity contribution in [1.29, 1.82) is 0 Å². The molecule has 0 bridgehead atoms. The van der Waals surface area contributed by atoms with Gasteiger partial charge in [-0.15, -0.1) is 0 Å². The van der Waals surface area contributed by atoms with Gasteiger partial charge in [0.05, 0.1) is 0 Å². The first-order valence-electron chi connectivity index (χ1n) is 6.97. The Balaban J connectivity index is 1.90. The molecule has 0 heterocycles. The molecule has 1 saturated carbocycles. The quantitative estimate of drug-likeness (QED) is 0.783. The molecule has 4 nitrogen and oxygen atoms in total. The maximum atomic E-state index is 11.9. The van der Waals surface area contributed by atoms with Crippen LogP contribution in [0.15, 0.2) is 24.3 Å². The van der Waals surface area contributed by atoms with Crippen LogP contribution in [0.5, 0.6) is 0 Å². The third-order valence-electron chi connectivity index (χ3n) is 3.70. The molecule has 3 atom stereocenters. The Kier molecular flexibility index (Phi) is 4.43. The lowest BCUT2D eigenvalue weighted by Gasteiger charge is -2.14. The van der Waals surface area contributed by atoms with Gasteiger partial charge in [-0.25, -0.2) is 4.79 Å². The Morgan fingerprint density at radius 1 is 1.42 bits per heavy atom. The number of carbonyl (C=O) groups excluding carboxylic acids is 1. The Hall–Kier alpha value is -1.55. The van der Waals surface area contributed by atoms with E-state index in [2.05, 4.69) is 17.6 Å². The lowest BCUT2D eigenvalue weighted by Crippen LogP contribution is -2.36. The molecule has 4 N–H and O–H groups in total. The van der Waals surface area contributed by atoms with Crippen molar-refractivity contribution in [3.63, 3.8) is 0 Å². The summed E-state index contributed by atoms with van der Waals surface area (Å²) in [5, 5.41) is 5.90. The molecule has 0 aliphatic heterocycles. The van der Waals surface area contributed by atoms with Gasteiger partial charge in [0.15, 0.2) is 0 Å². The molecule has 2 rings (SSSR count). The predicted octanol–water partition coefficient (Wildman–Crippen LogP) is 3.02. The van der Waals surface area contributed by atoms with Gasteiger partial charge in [0.1, 0.15) is 0 Å². The highest BCUT2D eigenvalue weighted by Crippen LogP contribution is 2.24. The van der Waals surface area contributed by atoms with Crippen LogP contribution in [0.25, 0.3) is 0 Å². The van der Waals surface area contributed by atoms with Crippen molar-refractivity contribution >= 4 is 11.7 Å². The molecule has 4 heteroatoms. The van der Waals surface area contributed by atoms with E-state index in [4.69, 9.17) is 5.73 Å². The summed E-state index contributed by atoms with van der Waals surface area (Å²) in [5.74, 6) is 0.715. The van der Waals surface area contributed by atoms with Gasteiger partial charge < -0.3 is 16.4 Å². The highest BCUT2D eigenvalue weighted by molar-refractivity contribution is 5.89. The molecular formula is C15H23N3O. The van der Waals surface area contributed by atoms with Crippen molar-refractivity contribution in [2.24, 2.45) is 11.7 Å². The number of hydrogen-bond donors (Lipinski definition) is 3. The first kappa shape index (κ1) is 13.9. The van der Waals surface area contributed by atoms with E-state index in [0.717, 1.165) is 24.1 Å². The van der Waals surface area contributed by atoms with Crippen molar-refractivity contribution < 1.29 is 4.79 Å². The summed E-state index contributed by atoms with van der Waals surface area (Å²) in [5.41, 5.74) is 7.64. The third-order valence-corrected chi connectivity index (χ3v) is 3.70. The van der Waals surface area contributed by atoms with Gasteiger partial charge in [0, 0.05) is 17.8 Å². The van der Waals surface area contributed by atoms with Crippen LogP contribution in [0.2, 0.25) is 0 Å². The molecular weight excluding hydrogens is 238 g/mol. The van der Waals surface area contributed by atoms with Crippen LogP contribution in [0.4, 0.5) is 10.5 Å². The second-order valence-electron chi connectivity index (χ2n) is 5.63. The monoisotopic (exact) mass is 261 g/mol. The van der Waals surface area contributed by atoms with Gasteiger partial charge in [-0.05, 0) is 49.8 Å². The Morgan fingerprint density at radius 2 is 2.21 bits per heavy atom. The molecule has 1 aliphatic carbocycles. The highest BCUT2D eigenvalue weighted by Gasteiger charge is 2.22. The normalized spacial score (nSPS) is 23.9. The zero-order valence-electron chi connectivity index (χ0n) is 11.6. The number of nitrogens with one attached hydrogen (secondary N) is 2. The van der Waals surface area contributed by atoms with Gasteiger partial charge in [0.2, 0.25) is 0 Å². The molecule has 0 spiro atoms. The van der Waals surface area contributed by atoms with Gasteiger partial charge in [-0.3, -0.25) is 0 Å². The zero-order chi connectivity index (χ0) is 13.8. The smallest absolute Gasteiger partial charge is 0.319 e. The molecule has 2 amide bonds. The lowest BCUT2D eigenvalue weighted by atomic mass is 10.1. The number of hydrogen-bond acceptors (Lipinski definition) is 2. The largest absolute Gasteiger partial charge is 0.335 e. The van der Waals surface area contributed by atoms with Gasteiger partial charge in [-0.1, -0.05) is 19.1 Å². The first-order chi connectivity index (χ1) is 9.04. The van der Waals surface area contributed by atoms with Crippen LogP contribution in [0.1, 0.15) is 44.7 Å². The predicted molar refractivity (Wildman–Crippen MR) is 78.0 cm³/mol. The number of benzene rings is 1. The summed E-state index contributed by atoms with van der Waals surface area (Å²) >= 11 is 0. The van der Waals surface area contributed by atoms with E-state index in [1.54, 1.807) is 0 Å². The second-order valence-corrected chi connectivity index (χ2v) is 5.63. The van der Waals surface area contributed by atoms with Crippen LogP contribution in [-0.2, 0) is 0 Å². The van der Waals surface area contributed by atoms with E-state index in [1.165, 1.54) is 6.42 Å². The Labute approximate surface area is 114 Å². The summed E-state index contributed by atoms with van der Waals surface area (Å²) in [4.78, 5) is 11.9. The lowest BCUT2D eigenvalue weighted by molar-refractivity contribution is 0.248. The topological polar surface area (TPSA) is 67.2 Å². The van der Waals surface area contributed by atoms with Crippen molar-refractivity contribution in [2.75, 3.05) is 5.32 Å². The molecule has 1 fully saturated rings. The summed E-state index contributed by atoms with van der Waals surface area (Å²) < 4.78 is 0. The van der Waals surface area contributed by atoms with E-state index < -0.39 is 0 Å². The van der Waals surface area contributed by atoms with Crippen LogP contribution >= 0.6 is 0 Å². The Bertz CT molecular complexity index is 445. The van der Waals surface area contributed by atoms with Gasteiger partial charge >= 0.3 is 6.03 Å². The van der Waals surface area contributed by atoms with Crippen LogP contribution in [0, 0.1) is 5.92 Å². The van der Waals surface area contributed by atoms with Crippen LogP contribution in [-0.4, -0.2) is 12.1 Å². The van der Waals surface area contributed by atoms with Crippen LogP contribution < -0.4 is 16.4 Å². The Morgan fingerprint density at radius 3 is 2.84 bits per heavy atom. The number of nitrogens with two attached hydrogens (primary N) is 1. The first-order valence-corrected chi connectivity index (χ1v) is 6.97. The van der Waals surface area contributed by atoms with E-state index in [1.807, 2.05) is 31.2 Å². The molecule has 1 aromatic carbocycles. The maximum Gasteiger partial charge on any atom is 0.319 e. The van der Waals surface area contributed by atoms with E-state index in [0.29, 0.717) is 12.0 Å². The number of rotatable bonds is 3. The number of urea groups is 1. The van der Waals surface area contributed by atoms with Crippen molar-refractivity contribution in [2.45, 2.75) is 45.2 Å². The molecule has 104 valence electrons. The molecule has 19 heavy (non-hydrogen) atoms. The average Bonchev–Trinajstić information content (AvgIpc) is 2.74. The zero-order valence-corrected chi connectivity index (χ0v) is 11.6. The van der Waals surface area contributed by atoms with Crippen molar-refractivity contribution in [3.05, 3.63) is 29.8 Å². The fourth-order valence-electron chi connectivity index (χ4n) is 2.59. The van der Waals surface area contributed by atoms with Crippen LogP contribution in [0.3, 0.4) is 0 Å². The summed E-state index contributed by atoms with van der Waals surface area (Å²) in [7, 11) is 0. The molecule has 0 radical (unpaired) electrons. The van der Waals surface area contributed by atoms with E-state index in [-0.39, 0.29) is 12.1 Å².